The number of nitrogens with one attached hydrogen (secondary N) is 2. The van der Waals surface area contributed by atoms with Gasteiger partial charge in [-0.1, -0.05) is 0 Å². The number of nitrogens with two attached hydrogens (primary N) is 1. The van der Waals surface area contributed by atoms with E-state index in [1.807, 2.05) is 6.92 Å². The summed E-state index contributed by atoms with van der Waals surface area (Å²) in [7, 11) is 0. The summed E-state index contributed by atoms with van der Waals surface area (Å²) in [4.78, 5) is 8.53. The van der Waals surface area contributed by atoms with Gasteiger partial charge in [0.05, 0.1) is 5.69 Å². The van der Waals surface area contributed by atoms with E-state index in [0.29, 0.717) is 30.7 Å². The Hall–Kier alpha value is -1.52. The third kappa shape index (κ3) is 4.48. The fraction of sp³-hybridized carbons (Fsp3) is 0.231. The molecule has 8 heteroatoms. The van der Waals surface area contributed by atoms with Gasteiger partial charge in [0.25, 0.3) is 0 Å². The Kier molecular flexibility index (Phi) is 5.65. The SMILES string of the molecule is CCOCc1nc(NN)cc(Nc2ccc(F)cc2I)n1. The second kappa shape index (κ2) is 7.48. The van der Waals surface area contributed by atoms with Gasteiger partial charge in [-0.05, 0) is 47.7 Å². The molecule has 0 aliphatic rings. The highest BCUT2D eigenvalue weighted by Gasteiger charge is 2.07. The van der Waals surface area contributed by atoms with Crippen LogP contribution in [-0.2, 0) is 11.3 Å². The highest BCUT2D eigenvalue weighted by molar-refractivity contribution is 14.1. The van der Waals surface area contributed by atoms with Crippen LogP contribution in [0.2, 0.25) is 0 Å². The van der Waals surface area contributed by atoms with Crippen molar-refractivity contribution in [3.05, 3.63) is 39.5 Å². The molecule has 0 saturated carbocycles. The summed E-state index contributed by atoms with van der Waals surface area (Å²) >= 11 is 2.05. The fourth-order valence-corrected chi connectivity index (χ4v) is 2.23. The molecule has 0 atom stereocenters. The van der Waals surface area contributed by atoms with Crippen molar-refractivity contribution in [2.75, 3.05) is 17.3 Å². The van der Waals surface area contributed by atoms with Crippen LogP contribution in [-0.4, -0.2) is 16.6 Å². The number of halogens is 2. The van der Waals surface area contributed by atoms with Crippen molar-refractivity contribution in [3.63, 3.8) is 0 Å². The van der Waals surface area contributed by atoms with Gasteiger partial charge in [0, 0.05) is 16.2 Å². The van der Waals surface area contributed by atoms with E-state index in [-0.39, 0.29) is 5.82 Å². The Morgan fingerprint density at radius 3 is 2.71 bits per heavy atom. The average molecular weight is 403 g/mol. The van der Waals surface area contributed by atoms with Gasteiger partial charge in [-0.3, -0.25) is 0 Å². The normalized spacial score (nSPS) is 10.5. The zero-order chi connectivity index (χ0) is 15.2. The first-order valence-corrected chi connectivity index (χ1v) is 7.34. The molecule has 6 nitrogen and oxygen atoms in total. The van der Waals surface area contributed by atoms with Crippen molar-refractivity contribution < 1.29 is 9.13 Å². The van der Waals surface area contributed by atoms with E-state index in [2.05, 4.69) is 43.3 Å². The number of nitrogen functional groups attached to an aromatic ring is 1. The van der Waals surface area contributed by atoms with E-state index < -0.39 is 0 Å². The number of hydrogen-bond donors (Lipinski definition) is 3. The molecule has 0 aliphatic heterocycles. The summed E-state index contributed by atoms with van der Waals surface area (Å²) in [5.41, 5.74) is 3.24. The first kappa shape index (κ1) is 15.9. The molecule has 2 aromatic rings. The lowest BCUT2D eigenvalue weighted by Gasteiger charge is -2.11. The molecular weight excluding hydrogens is 388 g/mol. The van der Waals surface area contributed by atoms with E-state index in [1.165, 1.54) is 12.1 Å². The van der Waals surface area contributed by atoms with Crippen molar-refractivity contribution >= 4 is 39.9 Å². The fourth-order valence-electron chi connectivity index (χ4n) is 1.62. The molecule has 2 rings (SSSR count). The third-order valence-electron chi connectivity index (χ3n) is 2.55. The lowest BCUT2D eigenvalue weighted by Crippen LogP contribution is -2.12. The topological polar surface area (TPSA) is 85.1 Å². The van der Waals surface area contributed by atoms with Crippen LogP contribution in [0.4, 0.5) is 21.7 Å². The summed E-state index contributed by atoms with van der Waals surface area (Å²) in [6.45, 7) is 2.76. The van der Waals surface area contributed by atoms with Gasteiger partial charge < -0.3 is 15.5 Å². The molecule has 0 saturated heterocycles. The molecule has 0 bridgehead atoms. The molecule has 1 aromatic heterocycles. The smallest absolute Gasteiger partial charge is 0.158 e. The van der Waals surface area contributed by atoms with Gasteiger partial charge in [0.1, 0.15) is 24.1 Å². The van der Waals surface area contributed by atoms with E-state index >= 15 is 0 Å². The van der Waals surface area contributed by atoms with Crippen LogP contribution in [0.5, 0.6) is 0 Å². The summed E-state index contributed by atoms with van der Waals surface area (Å²) in [6.07, 6.45) is 0. The average Bonchev–Trinajstić information content (AvgIpc) is 2.48. The second-order valence-corrected chi connectivity index (χ2v) is 5.25. The molecule has 0 aliphatic carbocycles. The molecule has 1 aromatic carbocycles. The van der Waals surface area contributed by atoms with Gasteiger partial charge in [0.2, 0.25) is 0 Å². The lowest BCUT2D eigenvalue weighted by atomic mass is 10.3. The summed E-state index contributed by atoms with van der Waals surface area (Å²) in [5, 5.41) is 3.11. The van der Waals surface area contributed by atoms with Crippen molar-refractivity contribution in [2.45, 2.75) is 13.5 Å². The van der Waals surface area contributed by atoms with Gasteiger partial charge in [-0.15, -0.1) is 0 Å². The molecular formula is C13H15FIN5O. The van der Waals surface area contributed by atoms with Gasteiger partial charge >= 0.3 is 0 Å². The number of ether oxygens (including phenoxy) is 1. The molecule has 0 unspecified atom stereocenters. The molecule has 0 radical (unpaired) electrons. The minimum atomic E-state index is -0.283. The number of aromatic nitrogens is 2. The van der Waals surface area contributed by atoms with Gasteiger partial charge in [-0.2, -0.15) is 0 Å². The van der Waals surface area contributed by atoms with Crippen LogP contribution in [0.15, 0.2) is 24.3 Å². The quantitative estimate of drug-likeness (QED) is 0.391. The van der Waals surface area contributed by atoms with E-state index in [0.717, 1.165) is 9.26 Å². The van der Waals surface area contributed by atoms with Crippen molar-refractivity contribution in [1.82, 2.24) is 9.97 Å². The summed E-state index contributed by atoms with van der Waals surface area (Å²) < 4.78 is 19.1. The summed E-state index contributed by atoms with van der Waals surface area (Å²) in [6, 6.07) is 6.13. The Morgan fingerprint density at radius 2 is 2.05 bits per heavy atom. The van der Waals surface area contributed by atoms with Crippen molar-refractivity contribution in [1.29, 1.82) is 0 Å². The maximum atomic E-state index is 13.1. The van der Waals surface area contributed by atoms with Crippen LogP contribution in [0.3, 0.4) is 0 Å². The number of anilines is 3. The minimum Gasteiger partial charge on any atom is -0.374 e. The van der Waals surface area contributed by atoms with Crippen LogP contribution < -0.4 is 16.6 Å². The molecule has 1 heterocycles. The van der Waals surface area contributed by atoms with Gasteiger partial charge in [-0.25, -0.2) is 20.2 Å². The summed E-state index contributed by atoms with van der Waals surface area (Å²) in [5.74, 6) is 6.65. The second-order valence-electron chi connectivity index (χ2n) is 4.09. The predicted octanol–water partition coefficient (Wildman–Crippen LogP) is 2.79. The van der Waals surface area contributed by atoms with Crippen LogP contribution in [0.25, 0.3) is 0 Å². The van der Waals surface area contributed by atoms with E-state index in [4.69, 9.17) is 10.6 Å². The molecule has 4 N–H and O–H groups in total. The number of hydrazine groups is 1. The zero-order valence-corrected chi connectivity index (χ0v) is 13.5. The van der Waals surface area contributed by atoms with E-state index in [9.17, 15) is 4.39 Å². The Morgan fingerprint density at radius 1 is 1.29 bits per heavy atom. The number of hydrogen-bond acceptors (Lipinski definition) is 6. The maximum Gasteiger partial charge on any atom is 0.158 e. The van der Waals surface area contributed by atoms with Crippen molar-refractivity contribution in [2.24, 2.45) is 5.84 Å². The first-order valence-electron chi connectivity index (χ1n) is 6.26. The van der Waals surface area contributed by atoms with E-state index in [1.54, 1.807) is 12.1 Å². The minimum absolute atomic E-state index is 0.283. The first-order chi connectivity index (χ1) is 10.1. The highest BCUT2D eigenvalue weighted by Crippen LogP contribution is 2.23. The largest absolute Gasteiger partial charge is 0.374 e. The zero-order valence-electron chi connectivity index (χ0n) is 11.4. The highest BCUT2D eigenvalue weighted by atomic mass is 127. The molecule has 21 heavy (non-hydrogen) atoms. The van der Waals surface area contributed by atoms with Crippen molar-refractivity contribution in [3.8, 4) is 0 Å². The third-order valence-corrected chi connectivity index (χ3v) is 3.44. The Balaban J connectivity index is 2.25. The van der Waals surface area contributed by atoms with Crippen LogP contribution in [0.1, 0.15) is 12.7 Å². The van der Waals surface area contributed by atoms with Gasteiger partial charge in [0.15, 0.2) is 5.82 Å². The number of rotatable bonds is 6. The monoisotopic (exact) mass is 403 g/mol. The molecule has 112 valence electrons. The van der Waals surface area contributed by atoms with Crippen LogP contribution >= 0.6 is 22.6 Å². The lowest BCUT2D eigenvalue weighted by molar-refractivity contribution is 0.128. The maximum absolute atomic E-state index is 13.1. The Bertz CT molecular complexity index is 626. The van der Waals surface area contributed by atoms with Crippen LogP contribution in [0, 0.1) is 9.39 Å². The molecule has 0 spiro atoms. The molecule has 0 amide bonds. The number of nitrogens with zero attached hydrogens (tertiary/aromatic N) is 2. The predicted molar refractivity (Wildman–Crippen MR) is 87.6 cm³/mol. The standard InChI is InChI=1S/C13H15FIN5O/c1-2-21-7-13-18-11(6-12(19-13)20-16)17-10-4-3-8(14)5-9(10)15/h3-6H,2,7,16H2,1H3,(H2,17,18,19,20). The number of benzene rings is 1. The Labute approximate surface area is 135 Å². The molecule has 0 fully saturated rings.